The van der Waals surface area contributed by atoms with Crippen LogP contribution in [0.3, 0.4) is 0 Å². The van der Waals surface area contributed by atoms with Gasteiger partial charge in [-0.3, -0.25) is 0 Å². The Labute approximate surface area is 80.9 Å². The molecule has 0 unspecified atom stereocenters. The molecule has 1 aromatic rings. The second-order valence-electron chi connectivity index (χ2n) is 2.36. The van der Waals surface area contributed by atoms with Gasteiger partial charge in [0.05, 0.1) is 7.11 Å². The number of carbonyl (C=O) groups is 1. The van der Waals surface area contributed by atoms with Crippen molar-refractivity contribution in [2.45, 2.75) is 13.3 Å². The van der Waals surface area contributed by atoms with Gasteiger partial charge in [0.2, 0.25) is 5.28 Å². The van der Waals surface area contributed by atoms with Gasteiger partial charge in [0, 0.05) is 5.69 Å². The minimum atomic E-state index is -0.501. The van der Waals surface area contributed by atoms with Crippen molar-refractivity contribution >= 4 is 17.6 Å². The van der Waals surface area contributed by atoms with Crippen molar-refractivity contribution in [2.24, 2.45) is 0 Å². The van der Waals surface area contributed by atoms with E-state index >= 15 is 0 Å². The third-order valence-corrected chi connectivity index (χ3v) is 1.68. The third kappa shape index (κ3) is 2.39. The first-order valence-electron chi connectivity index (χ1n) is 3.79. The van der Waals surface area contributed by atoms with Crippen molar-refractivity contribution in [1.29, 1.82) is 0 Å². The molecule has 0 fully saturated rings. The minimum absolute atomic E-state index is 0.0692. The molecule has 0 radical (unpaired) electrons. The molecular formula is C8H9ClN2O2. The number of hydrogen-bond acceptors (Lipinski definition) is 4. The summed E-state index contributed by atoms with van der Waals surface area (Å²) in [6.45, 7) is 1.92. The van der Waals surface area contributed by atoms with Crippen LogP contribution in [0.5, 0.6) is 0 Å². The molecule has 0 N–H and O–H groups in total. The Balaban J connectivity index is 3.08. The van der Waals surface area contributed by atoms with Gasteiger partial charge in [0.15, 0.2) is 5.69 Å². The van der Waals surface area contributed by atoms with Crippen molar-refractivity contribution < 1.29 is 9.53 Å². The topological polar surface area (TPSA) is 52.1 Å². The van der Waals surface area contributed by atoms with Crippen LogP contribution in [-0.2, 0) is 11.2 Å². The van der Waals surface area contributed by atoms with E-state index in [0.29, 0.717) is 6.42 Å². The van der Waals surface area contributed by atoms with E-state index in [4.69, 9.17) is 11.6 Å². The Morgan fingerprint density at radius 1 is 1.62 bits per heavy atom. The standard InChI is InChI=1S/C8H9ClN2O2/c1-3-5-4-6(7(12)13-2)11-8(9)10-5/h4H,3H2,1-2H3. The van der Waals surface area contributed by atoms with Crippen LogP contribution in [0.1, 0.15) is 23.1 Å². The lowest BCUT2D eigenvalue weighted by Crippen LogP contribution is -2.06. The number of methoxy groups -OCH3 is 1. The summed E-state index contributed by atoms with van der Waals surface area (Å²) >= 11 is 5.60. The van der Waals surface area contributed by atoms with Gasteiger partial charge < -0.3 is 4.74 Å². The molecule has 0 aliphatic heterocycles. The molecule has 0 atom stereocenters. The number of nitrogens with zero attached hydrogens (tertiary/aromatic N) is 2. The predicted octanol–water partition coefficient (Wildman–Crippen LogP) is 1.48. The molecular weight excluding hydrogens is 192 g/mol. The van der Waals surface area contributed by atoms with Gasteiger partial charge in [0.25, 0.3) is 0 Å². The molecule has 0 bridgehead atoms. The predicted molar refractivity (Wildman–Crippen MR) is 47.8 cm³/mol. The van der Waals surface area contributed by atoms with Crippen LogP contribution in [0.2, 0.25) is 5.28 Å². The highest BCUT2D eigenvalue weighted by atomic mass is 35.5. The Hall–Kier alpha value is -1.16. The fraction of sp³-hybridized carbons (Fsp3) is 0.375. The van der Waals surface area contributed by atoms with E-state index in [2.05, 4.69) is 14.7 Å². The highest BCUT2D eigenvalue weighted by Crippen LogP contribution is 2.07. The Bertz CT molecular complexity index is 328. The number of rotatable bonds is 2. The number of hydrogen-bond donors (Lipinski definition) is 0. The summed E-state index contributed by atoms with van der Waals surface area (Å²) in [5, 5.41) is 0.0692. The first-order valence-corrected chi connectivity index (χ1v) is 4.17. The van der Waals surface area contributed by atoms with Crippen LogP contribution in [0.25, 0.3) is 0 Å². The first-order chi connectivity index (χ1) is 6.17. The summed E-state index contributed by atoms with van der Waals surface area (Å²) in [6, 6.07) is 1.57. The summed E-state index contributed by atoms with van der Waals surface area (Å²) in [5.74, 6) is -0.501. The number of carbonyl (C=O) groups excluding carboxylic acids is 1. The highest BCUT2D eigenvalue weighted by Gasteiger charge is 2.09. The summed E-state index contributed by atoms with van der Waals surface area (Å²) < 4.78 is 4.50. The van der Waals surface area contributed by atoms with Crippen LogP contribution in [0.15, 0.2) is 6.07 Å². The van der Waals surface area contributed by atoms with Gasteiger partial charge in [-0.2, -0.15) is 0 Å². The summed E-state index contributed by atoms with van der Waals surface area (Å²) in [5.41, 5.74) is 0.916. The molecule has 0 aromatic carbocycles. The van der Waals surface area contributed by atoms with Crippen molar-refractivity contribution in [2.75, 3.05) is 7.11 Å². The highest BCUT2D eigenvalue weighted by molar-refractivity contribution is 6.28. The van der Waals surface area contributed by atoms with Crippen LogP contribution in [0.4, 0.5) is 0 Å². The lowest BCUT2D eigenvalue weighted by Gasteiger charge is -2.00. The van der Waals surface area contributed by atoms with Gasteiger partial charge in [-0.1, -0.05) is 6.92 Å². The molecule has 0 amide bonds. The molecule has 13 heavy (non-hydrogen) atoms. The first kappa shape index (κ1) is 9.92. The summed E-state index contributed by atoms with van der Waals surface area (Å²) in [4.78, 5) is 18.7. The molecule has 0 saturated carbocycles. The molecule has 0 spiro atoms. The SMILES string of the molecule is CCc1cc(C(=O)OC)nc(Cl)n1. The van der Waals surface area contributed by atoms with Gasteiger partial charge in [-0.15, -0.1) is 0 Å². The molecule has 1 heterocycles. The molecule has 4 nitrogen and oxygen atoms in total. The molecule has 5 heteroatoms. The number of esters is 1. The quantitative estimate of drug-likeness (QED) is 0.536. The van der Waals surface area contributed by atoms with Crippen LogP contribution in [0, 0.1) is 0 Å². The number of aryl methyl sites for hydroxylation is 1. The monoisotopic (exact) mass is 200 g/mol. The number of ether oxygens (including phenoxy) is 1. The maximum atomic E-state index is 11.1. The fourth-order valence-electron chi connectivity index (χ4n) is 0.856. The van der Waals surface area contributed by atoms with Gasteiger partial charge in [-0.05, 0) is 24.1 Å². The Kier molecular flexibility index (Phi) is 3.19. The minimum Gasteiger partial charge on any atom is -0.464 e. The van der Waals surface area contributed by atoms with Crippen molar-refractivity contribution in [3.05, 3.63) is 22.7 Å². The van der Waals surface area contributed by atoms with E-state index in [0.717, 1.165) is 5.69 Å². The van der Waals surface area contributed by atoms with Crippen LogP contribution < -0.4 is 0 Å². The van der Waals surface area contributed by atoms with Crippen molar-refractivity contribution in [3.63, 3.8) is 0 Å². The zero-order chi connectivity index (χ0) is 9.84. The molecule has 0 aliphatic rings. The number of aromatic nitrogens is 2. The lowest BCUT2D eigenvalue weighted by molar-refractivity contribution is 0.0593. The van der Waals surface area contributed by atoms with Crippen LogP contribution in [-0.4, -0.2) is 23.0 Å². The van der Waals surface area contributed by atoms with E-state index in [1.807, 2.05) is 6.92 Å². The largest absolute Gasteiger partial charge is 0.464 e. The zero-order valence-electron chi connectivity index (χ0n) is 7.37. The average Bonchev–Trinajstić information content (AvgIpc) is 2.15. The lowest BCUT2D eigenvalue weighted by atomic mass is 10.3. The van der Waals surface area contributed by atoms with Crippen LogP contribution >= 0.6 is 11.6 Å². The molecule has 1 rings (SSSR count). The molecule has 0 saturated heterocycles. The fourth-order valence-corrected chi connectivity index (χ4v) is 1.06. The van der Waals surface area contributed by atoms with Crippen molar-refractivity contribution in [1.82, 2.24) is 9.97 Å². The second kappa shape index (κ2) is 4.18. The number of halogens is 1. The maximum Gasteiger partial charge on any atom is 0.356 e. The normalized spacial score (nSPS) is 9.77. The Morgan fingerprint density at radius 2 is 2.31 bits per heavy atom. The zero-order valence-corrected chi connectivity index (χ0v) is 8.13. The van der Waals surface area contributed by atoms with E-state index in [-0.39, 0.29) is 11.0 Å². The van der Waals surface area contributed by atoms with E-state index < -0.39 is 5.97 Å². The Morgan fingerprint density at radius 3 is 2.85 bits per heavy atom. The molecule has 1 aromatic heterocycles. The van der Waals surface area contributed by atoms with Crippen molar-refractivity contribution in [3.8, 4) is 0 Å². The smallest absolute Gasteiger partial charge is 0.356 e. The maximum absolute atomic E-state index is 11.1. The average molecular weight is 201 g/mol. The van der Waals surface area contributed by atoms with E-state index in [1.165, 1.54) is 7.11 Å². The van der Waals surface area contributed by atoms with Gasteiger partial charge in [-0.25, -0.2) is 14.8 Å². The van der Waals surface area contributed by atoms with Gasteiger partial charge >= 0.3 is 5.97 Å². The van der Waals surface area contributed by atoms with E-state index in [9.17, 15) is 4.79 Å². The van der Waals surface area contributed by atoms with E-state index in [1.54, 1.807) is 6.07 Å². The second-order valence-corrected chi connectivity index (χ2v) is 2.70. The summed E-state index contributed by atoms with van der Waals surface area (Å²) in [7, 11) is 1.30. The molecule has 70 valence electrons. The molecule has 0 aliphatic carbocycles. The van der Waals surface area contributed by atoms with Gasteiger partial charge in [0.1, 0.15) is 0 Å². The summed E-state index contributed by atoms with van der Waals surface area (Å²) in [6.07, 6.45) is 0.701. The third-order valence-electron chi connectivity index (χ3n) is 1.51.